The van der Waals surface area contributed by atoms with Gasteiger partial charge in [-0.05, 0) is 62.1 Å². The van der Waals surface area contributed by atoms with Gasteiger partial charge >= 0.3 is 0 Å². The van der Waals surface area contributed by atoms with E-state index in [9.17, 15) is 9.59 Å². The number of benzene rings is 2. The minimum atomic E-state index is -0.654. The quantitative estimate of drug-likeness (QED) is 0.532. The summed E-state index contributed by atoms with van der Waals surface area (Å²) in [5.74, 6) is 1.08. The molecule has 2 amide bonds. The molecule has 1 N–H and O–H groups in total. The van der Waals surface area contributed by atoms with Crippen molar-refractivity contribution in [1.82, 2.24) is 10.2 Å². The lowest BCUT2D eigenvalue weighted by molar-refractivity contribution is -0.140. The van der Waals surface area contributed by atoms with Gasteiger partial charge in [0.15, 0.2) is 11.5 Å². The number of carbonyl (C=O) groups is 2. The first-order chi connectivity index (χ1) is 15.8. The summed E-state index contributed by atoms with van der Waals surface area (Å²) in [7, 11) is 0. The molecule has 6 nitrogen and oxygen atoms in total. The van der Waals surface area contributed by atoms with Crippen LogP contribution in [0.2, 0.25) is 10.0 Å². The molecule has 1 aliphatic rings. The van der Waals surface area contributed by atoms with Gasteiger partial charge in [0.1, 0.15) is 19.3 Å². The number of nitrogens with one attached hydrogen (secondary N) is 1. The smallest absolute Gasteiger partial charge is 0.242 e. The second-order valence-electron chi connectivity index (χ2n) is 8.23. The van der Waals surface area contributed by atoms with Crippen molar-refractivity contribution in [2.45, 2.75) is 58.7 Å². The average molecular weight is 493 g/mol. The molecule has 0 aromatic heterocycles. The molecule has 2 aromatic carbocycles. The van der Waals surface area contributed by atoms with Crippen LogP contribution in [0.25, 0.3) is 0 Å². The first-order valence-corrected chi connectivity index (χ1v) is 12.0. The van der Waals surface area contributed by atoms with Gasteiger partial charge in [-0.2, -0.15) is 0 Å². The fraction of sp³-hybridized carbons (Fsp3) is 0.440. The minimum Gasteiger partial charge on any atom is -0.486 e. The summed E-state index contributed by atoms with van der Waals surface area (Å²) in [4.78, 5) is 27.7. The number of hydrogen-bond acceptors (Lipinski definition) is 4. The van der Waals surface area contributed by atoms with E-state index < -0.39 is 6.04 Å². The van der Waals surface area contributed by atoms with E-state index in [1.807, 2.05) is 32.0 Å². The zero-order valence-electron chi connectivity index (χ0n) is 19.2. The van der Waals surface area contributed by atoms with Crippen LogP contribution in [-0.2, 0) is 22.6 Å². The molecule has 0 aliphatic carbocycles. The summed E-state index contributed by atoms with van der Waals surface area (Å²) in [5, 5.41) is 3.94. The topological polar surface area (TPSA) is 67.9 Å². The Morgan fingerprint density at radius 1 is 1.06 bits per heavy atom. The van der Waals surface area contributed by atoms with Gasteiger partial charge in [0.25, 0.3) is 0 Å². The summed E-state index contributed by atoms with van der Waals surface area (Å²) in [6, 6.07) is 10.2. The van der Waals surface area contributed by atoms with Crippen molar-refractivity contribution < 1.29 is 19.1 Å². The second kappa shape index (κ2) is 11.6. The predicted molar refractivity (Wildman–Crippen MR) is 130 cm³/mol. The molecule has 0 saturated heterocycles. The lowest BCUT2D eigenvalue weighted by atomic mass is 10.1. The van der Waals surface area contributed by atoms with Gasteiger partial charge in [-0.1, -0.05) is 42.3 Å². The number of halogens is 2. The summed E-state index contributed by atoms with van der Waals surface area (Å²) >= 11 is 12.4. The summed E-state index contributed by atoms with van der Waals surface area (Å²) in [6.45, 7) is 6.93. The van der Waals surface area contributed by atoms with Crippen molar-refractivity contribution in [3.05, 3.63) is 57.6 Å². The average Bonchev–Trinajstić information content (AvgIpc) is 2.81. The first-order valence-electron chi connectivity index (χ1n) is 11.2. The van der Waals surface area contributed by atoms with Crippen LogP contribution >= 0.6 is 23.2 Å². The van der Waals surface area contributed by atoms with Crippen molar-refractivity contribution in [3.8, 4) is 11.5 Å². The lowest BCUT2D eigenvalue weighted by Crippen LogP contribution is -2.49. The Labute approximate surface area is 205 Å². The standard InChI is InChI=1S/C25H30Cl2N2O4/c1-4-16(2)28-25(31)17(3)29(15-19-7-8-20(26)14-21(19)27)24(30)10-6-18-5-9-22-23(13-18)33-12-11-32-22/h5,7-9,13-14,16-17H,4,6,10-12,15H2,1-3H3,(H,28,31)/t16-,17+/m1/s1. The Bertz CT molecular complexity index is 998. The van der Waals surface area contributed by atoms with E-state index in [1.165, 1.54) is 0 Å². The van der Waals surface area contributed by atoms with E-state index in [0.717, 1.165) is 17.5 Å². The van der Waals surface area contributed by atoms with Crippen molar-refractivity contribution in [1.29, 1.82) is 0 Å². The number of rotatable bonds is 9. The number of fused-ring (bicyclic) bond motifs is 1. The maximum atomic E-state index is 13.3. The molecule has 33 heavy (non-hydrogen) atoms. The van der Waals surface area contributed by atoms with Crippen molar-refractivity contribution in [2.24, 2.45) is 0 Å². The molecule has 0 fully saturated rings. The Morgan fingerprint density at radius 2 is 1.79 bits per heavy atom. The Hall–Kier alpha value is -2.44. The molecule has 2 atom stereocenters. The maximum Gasteiger partial charge on any atom is 0.242 e. The van der Waals surface area contributed by atoms with E-state index in [2.05, 4.69) is 5.32 Å². The number of hydrogen-bond donors (Lipinski definition) is 1. The Balaban J connectivity index is 1.75. The van der Waals surface area contributed by atoms with Gasteiger partial charge in [-0.15, -0.1) is 0 Å². The number of aryl methyl sites for hydroxylation is 1. The molecule has 1 aliphatic heterocycles. The van der Waals surface area contributed by atoms with Gasteiger partial charge in [-0.25, -0.2) is 0 Å². The number of amides is 2. The highest BCUT2D eigenvalue weighted by molar-refractivity contribution is 6.35. The molecule has 0 bridgehead atoms. The van der Waals surface area contributed by atoms with E-state index in [4.69, 9.17) is 32.7 Å². The molecule has 8 heteroatoms. The SMILES string of the molecule is CC[C@@H](C)NC(=O)[C@H](C)N(Cc1ccc(Cl)cc1Cl)C(=O)CCc1ccc2c(c1)OCCO2. The summed E-state index contributed by atoms with van der Waals surface area (Å²) in [6.07, 6.45) is 1.56. The highest BCUT2D eigenvalue weighted by atomic mass is 35.5. The highest BCUT2D eigenvalue weighted by Crippen LogP contribution is 2.31. The zero-order valence-corrected chi connectivity index (χ0v) is 20.7. The van der Waals surface area contributed by atoms with Crippen LogP contribution in [0, 0.1) is 0 Å². The van der Waals surface area contributed by atoms with Gasteiger partial charge in [0.2, 0.25) is 11.8 Å². The van der Waals surface area contributed by atoms with E-state index in [1.54, 1.807) is 30.0 Å². The number of carbonyl (C=O) groups excluding carboxylic acids is 2. The summed E-state index contributed by atoms with van der Waals surface area (Å²) in [5.41, 5.74) is 1.70. The van der Waals surface area contributed by atoms with Crippen LogP contribution in [0.15, 0.2) is 36.4 Å². The zero-order chi connectivity index (χ0) is 24.0. The first kappa shape index (κ1) is 25.2. The third kappa shape index (κ3) is 6.78. The molecular formula is C25H30Cl2N2O4. The van der Waals surface area contributed by atoms with Crippen LogP contribution < -0.4 is 14.8 Å². The largest absolute Gasteiger partial charge is 0.486 e. The molecule has 178 valence electrons. The molecular weight excluding hydrogens is 463 g/mol. The number of ether oxygens (including phenoxy) is 2. The molecule has 0 radical (unpaired) electrons. The van der Waals surface area contributed by atoms with Crippen molar-refractivity contribution in [2.75, 3.05) is 13.2 Å². The van der Waals surface area contributed by atoms with Gasteiger partial charge in [0, 0.05) is 29.1 Å². The van der Waals surface area contributed by atoms with E-state index >= 15 is 0 Å². The van der Waals surface area contributed by atoms with Gasteiger partial charge in [0.05, 0.1) is 0 Å². The predicted octanol–water partition coefficient (Wildman–Crippen LogP) is 5.03. The van der Waals surface area contributed by atoms with Crippen molar-refractivity contribution in [3.63, 3.8) is 0 Å². The highest BCUT2D eigenvalue weighted by Gasteiger charge is 2.27. The van der Waals surface area contributed by atoms with Crippen LogP contribution in [0.3, 0.4) is 0 Å². The van der Waals surface area contributed by atoms with Crippen LogP contribution in [0.4, 0.5) is 0 Å². The molecule has 0 saturated carbocycles. The van der Waals surface area contributed by atoms with E-state index in [-0.39, 0.29) is 30.8 Å². The van der Waals surface area contributed by atoms with Crippen LogP contribution in [-0.4, -0.2) is 42.0 Å². The molecule has 1 heterocycles. The third-order valence-corrected chi connectivity index (χ3v) is 6.35. The van der Waals surface area contributed by atoms with Gasteiger partial charge in [-0.3, -0.25) is 9.59 Å². The van der Waals surface area contributed by atoms with Crippen molar-refractivity contribution >= 4 is 35.0 Å². The summed E-state index contributed by atoms with van der Waals surface area (Å²) < 4.78 is 11.2. The van der Waals surface area contributed by atoms with Crippen LogP contribution in [0.1, 0.15) is 44.7 Å². The Kier molecular flexibility index (Phi) is 8.87. The Morgan fingerprint density at radius 3 is 2.48 bits per heavy atom. The molecule has 3 rings (SSSR count). The fourth-order valence-electron chi connectivity index (χ4n) is 3.52. The third-order valence-electron chi connectivity index (χ3n) is 5.76. The molecule has 0 unspecified atom stereocenters. The fourth-order valence-corrected chi connectivity index (χ4v) is 3.99. The van der Waals surface area contributed by atoms with Crippen LogP contribution in [0.5, 0.6) is 11.5 Å². The van der Waals surface area contributed by atoms with Gasteiger partial charge < -0.3 is 19.7 Å². The normalized spacial score (nSPS) is 14.3. The molecule has 0 spiro atoms. The minimum absolute atomic E-state index is 0.0220. The lowest BCUT2D eigenvalue weighted by Gasteiger charge is -2.30. The second-order valence-corrected chi connectivity index (χ2v) is 9.07. The molecule has 2 aromatic rings. The maximum absolute atomic E-state index is 13.3. The monoisotopic (exact) mass is 492 g/mol. The number of nitrogens with zero attached hydrogens (tertiary/aromatic N) is 1. The van der Waals surface area contributed by atoms with E-state index in [0.29, 0.717) is 41.2 Å².